The summed E-state index contributed by atoms with van der Waals surface area (Å²) >= 11 is 11.9. The third-order valence-electron chi connectivity index (χ3n) is 3.13. The molecular formula is C17H14Cl2N2O2. The highest BCUT2D eigenvalue weighted by Gasteiger charge is 2.06. The van der Waals surface area contributed by atoms with E-state index in [1.165, 1.54) is 6.08 Å². The monoisotopic (exact) mass is 348 g/mol. The van der Waals surface area contributed by atoms with Crippen molar-refractivity contribution in [2.75, 3.05) is 5.32 Å². The second kappa shape index (κ2) is 7.31. The van der Waals surface area contributed by atoms with Gasteiger partial charge in [0.25, 0.3) is 0 Å². The van der Waals surface area contributed by atoms with E-state index in [0.29, 0.717) is 32.4 Å². The molecule has 4 nitrogen and oxygen atoms in total. The van der Waals surface area contributed by atoms with E-state index in [0.717, 1.165) is 0 Å². The number of halogens is 2. The van der Waals surface area contributed by atoms with E-state index >= 15 is 0 Å². The van der Waals surface area contributed by atoms with Crippen molar-refractivity contribution in [2.45, 2.75) is 6.92 Å². The quantitative estimate of drug-likeness (QED) is 0.818. The van der Waals surface area contributed by atoms with Gasteiger partial charge in [0.15, 0.2) is 0 Å². The van der Waals surface area contributed by atoms with Crippen LogP contribution in [0.5, 0.6) is 0 Å². The summed E-state index contributed by atoms with van der Waals surface area (Å²) in [7, 11) is 0. The molecule has 118 valence electrons. The number of carbonyl (C=O) groups excluding carboxylic acids is 2. The fourth-order valence-electron chi connectivity index (χ4n) is 2.01. The van der Waals surface area contributed by atoms with Gasteiger partial charge >= 0.3 is 0 Å². The molecule has 0 aliphatic heterocycles. The molecule has 2 amide bonds. The topological polar surface area (TPSA) is 72.2 Å². The van der Waals surface area contributed by atoms with Gasteiger partial charge in [0.2, 0.25) is 11.8 Å². The molecule has 3 N–H and O–H groups in total. The van der Waals surface area contributed by atoms with Crippen LogP contribution in [-0.4, -0.2) is 11.8 Å². The zero-order valence-corrected chi connectivity index (χ0v) is 13.8. The predicted molar refractivity (Wildman–Crippen MR) is 93.8 cm³/mol. The number of carbonyl (C=O) groups is 2. The van der Waals surface area contributed by atoms with Crippen molar-refractivity contribution in [3.63, 3.8) is 0 Å². The van der Waals surface area contributed by atoms with E-state index in [1.807, 2.05) is 0 Å². The summed E-state index contributed by atoms with van der Waals surface area (Å²) in [6, 6.07) is 9.87. The van der Waals surface area contributed by atoms with Crippen molar-refractivity contribution in [1.82, 2.24) is 0 Å². The Morgan fingerprint density at radius 1 is 1.13 bits per heavy atom. The minimum Gasteiger partial charge on any atom is -0.366 e. The van der Waals surface area contributed by atoms with Gasteiger partial charge in [0.05, 0.1) is 0 Å². The molecule has 0 atom stereocenters. The predicted octanol–water partition coefficient (Wildman–Crippen LogP) is 4.05. The van der Waals surface area contributed by atoms with Crippen LogP contribution in [0, 0.1) is 6.92 Å². The van der Waals surface area contributed by atoms with E-state index in [1.54, 1.807) is 49.4 Å². The smallest absolute Gasteiger partial charge is 0.248 e. The molecule has 2 aromatic rings. The lowest BCUT2D eigenvalue weighted by Gasteiger charge is -2.06. The Labute approximate surface area is 143 Å². The maximum absolute atomic E-state index is 11.9. The van der Waals surface area contributed by atoms with Gasteiger partial charge in [-0.2, -0.15) is 0 Å². The van der Waals surface area contributed by atoms with Crippen LogP contribution in [0.2, 0.25) is 10.0 Å². The average Bonchev–Trinajstić information content (AvgIpc) is 2.48. The summed E-state index contributed by atoms with van der Waals surface area (Å²) in [5.74, 6) is -0.830. The number of benzene rings is 2. The molecule has 0 saturated heterocycles. The molecule has 0 aromatic heterocycles. The molecule has 0 unspecified atom stereocenters. The molecular weight excluding hydrogens is 335 g/mol. The van der Waals surface area contributed by atoms with E-state index in [2.05, 4.69) is 5.32 Å². The number of amides is 2. The van der Waals surface area contributed by atoms with Gasteiger partial charge in [-0.1, -0.05) is 23.2 Å². The second-order valence-electron chi connectivity index (χ2n) is 4.88. The molecule has 2 rings (SSSR count). The van der Waals surface area contributed by atoms with E-state index in [9.17, 15) is 9.59 Å². The molecule has 2 aromatic carbocycles. The molecule has 0 aliphatic carbocycles. The lowest BCUT2D eigenvalue weighted by atomic mass is 10.1. The lowest BCUT2D eigenvalue weighted by Crippen LogP contribution is -2.13. The van der Waals surface area contributed by atoms with E-state index in [-0.39, 0.29) is 5.91 Å². The molecule has 0 radical (unpaired) electrons. The van der Waals surface area contributed by atoms with Crippen LogP contribution < -0.4 is 11.1 Å². The Hall–Kier alpha value is -2.30. The normalized spacial score (nSPS) is 10.7. The Kier molecular flexibility index (Phi) is 5.42. The molecule has 0 saturated carbocycles. The Bertz CT molecular complexity index is 801. The first kappa shape index (κ1) is 17.1. The maximum Gasteiger partial charge on any atom is 0.248 e. The van der Waals surface area contributed by atoms with Gasteiger partial charge < -0.3 is 11.1 Å². The summed E-state index contributed by atoms with van der Waals surface area (Å²) in [6.07, 6.45) is 2.93. The van der Waals surface area contributed by atoms with Crippen molar-refractivity contribution >= 4 is 46.8 Å². The highest BCUT2D eigenvalue weighted by atomic mass is 35.5. The maximum atomic E-state index is 11.9. The Morgan fingerprint density at radius 2 is 1.87 bits per heavy atom. The first-order valence-corrected chi connectivity index (χ1v) is 7.47. The molecule has 0 spiro atoms. The average molecular weight is 349 g/mol. The SMILES string of the molecule is Cc1cc(NC(=O)/C=C/c2cc(Cl)ccc2Cl)ccc1C(N)=O. The highest BCUT2D eigenvalue weighted by molar-refractivity contribution is 6.34. The van der Waals surface area contributed by atoms with Gasteiger partial charge in [-0.25, -0.2) is 0 Å². The number of nitrogens with two attached hydrogens (primary N) is 1. The van der Waals surface area contributed by atoms with Gasteiger partial charge in [-0.05, 0) is 60.5 Å². The molecule has 0 fully saturated rings. The zero-order chi connectivity index (χ0) is 17.0. The first-order valence-electron chi connectivity index (χ1n) is 6.71. The number of aryl methyl sites for hydroxylation is 1. The molecule has 23 heavy (non-hydrogen) atoms. The van der Waals surface area contributed by atoms with Gasteiger partial charge in [0, 0.05) is 27.4 Å². The van der Waals surface area contributed by atoms with Crippen LogP contribution in [0.1, 0.15) is 21.5 Å². The summed E-state index contributed by atoms with van der Waals surface area (Å²) in [5.41, 5.74) is 7.57. The molecule has 0 bridgehead atoms. The number of nitrogens with one attached hydrogen (secondary N) is 1. The number of hydrogen-bond acceptors (Lipinski definition) is 2. The Morgan fingerprint density at radius 3 is 2.52 bits per heavy atom. The van der Waals surface area contributed by atoms with Crippen molar-refractivity contribution < 1.29 is 9.59 Å². The van der Waals surface area contributed by atoms with Crippen LogP contribution in [0.4, 0.5) is 5.69 Å². The first-order chi connectivity index (χ1) is 10.9. The third-order valence-corrected chi connectivity index (χ3v) is 3.71. The zero-order valence-electron chi connectivity index (χ0n) is 12.3. The number of anilines is 1. The summed E-state index contributed by atoms with van der Waals surface area (Å²) in [4.78, 5) is 23.1. The van der Waals surface area contributed by atoms with Gasteiger partial charge in [-0.3, -0.25) is 9.59 Å². The van der Waals surface area contributed by atoms with Crippen molar-refractivity contribution in [3.8, 4) is 0 Å². The van der Waals surface area contributed by atoms with Crippen LogP contribution in [0.25, 0.3) is 6.08 Å². The fraction of sp³-hybridized carbons (Fsp3) is 0.0588. The standard InChI is InChI=1S/C17H14Cl2N2O2/c1-10-8-13(4-5-14(10)17(20)23)21-16(22)7-2-11-9-12(18)3-6-15(11)19/h2-9H,1H3,(H2,20,23)(H,21,22)/b7-2+. The van der Waals surface area contributed by atoms with Gasteiger partial charge in [0.1, 0.15) is 0 Å². The molecule has 0 aliphatic rings. The van der Waals surface area contributed by atoms with Crippen LogP contribution >= 0.6 is 23.2 Å². The van der Waals surface area contributed by atoms with E-state index in [4.69, 9.17) is 28.9 Å². The summed E-state index contributed by atoms with van der Waals surface area (Å²) in [5, 5.41) is 3.73. The minimum atomic E-state index is -0.504. The van der Waals surface area contributed by atoms with Gasteiger partial charge in [-0.15, -0.1) is 0 Å². The number of hydrogen-bond donors (Lipinski definition) is 2. The second-order valence-corrected chi connectivity index (χ2v) is 5.73. The lowest BCUT2D eigenvalue weighted by molar-refractivity contribution is -0.111. The van der Waals surface area contributed by atoms with Crippen molar-refractivity contribution in [3.05, 3.63) is 69.2 Å². The van der Waals surface area contributed by atoms with Crippen LogP contribution in [-0.2, 0) is 4.79 Å². The summed E-state index contributed by atoms with van der Waals surface area (Å²) in [6.45, 7) is 1.75. The third kappa shape index (κ3) is 4.58. The fourth-order valence-corrected chi connectivity index (χ4v) is 2.37. The molecule has 6 heteroatoms. The number of rotatable bonds is 4. The molecule has 0 heterocycles. The summed E-state index contributed by atoms with van der Waals surface area (Å²) < 4.78 is 0. The van der Waals surface area contributed by atoms with Crippen molar-refractivity contribution in [2.24, 2.45) is 5.73 Å². The minimum absolute atomic E-state index is 0.327. The van der Waals surface area contributed by atoms with Crippen molar-refractivity contribution in [1.29, 1.82) is 0 Å². The number of primary amides is 1. The largest absolute Gasteiger partial charge is 0.366 e. The van der Waals surface area contributed by atoms with E-state index < -0.39 is 5.91 Å². The highest BCUT2D eigenvalue weighted by Crippen LogP contribution is 2.22. The van der Waals surface area contributed by atoms with Crippen LogP contribution in [0.15, 0.2) is 42.5 Å². The Balaban J connectivity index is 2.10. The van der Waals surface area contributed by atoms with Crippen LogP contribution in [0.3, 0.4) is 0 Å².